The van der Waals surface area contributed by atoms with Crippen LogP contribution in [0.5, 0.6) is 0 Å². The van der Waals surface area contributed by atoms with Crippen LogP contribution in [0.15, 0.2) is 0 Å². The third-order valence-electron chi connectivity index (χ3n) is 1.74. The van der Waals surface area contributed by atoms with Crippen LogP contribution in [0.3, 0.4) is 0 Å². The van der Waals surface area contributed by atoms with Crippen molar-refractivity contribution >= 4 is 0 Å². The molecule has 0 fully saturated rings. The van der Waals surface area contributed by atoms with Crippen molar-refractivity contribution in [1.82, 2.24) is 10.4 Å². The number of hydrazine groups is 1. The molecule has 3 nitrogen and oxygen atoms in total. The molecule has 0 rings (SSSR count). The monoisotopic (exact) mass is 146 g/mol. The van der Waals surface area contributed by atoms with Crippen molar-refractivity contribution in [2.24, 2.45) is 0 Å². The molecule has 0 spiro atoms. The molecule has 0 saturated heterocycles. The van der Waals surface area contributed by atoms with Gasteiger partial charge in [-0.25, -0.2) is 5.01 Å². The second kappa shape index (κ2) is 3.91. The number of hydrogen-bond acceptors (Lipinski definition) is 3. The fourth-order valence-electron chi connectivity index (χ4n) is 0.753. The average Bonchev–Trinajstić information content (AvgIpc) is 1.86. The second-order valence-corrected chi connectivity index (χ2v) is 3.03. The molecule has 0 unspecified atom stereocenters. The Morgan fingerprint density at radius 3 is 2.30 bits per heavy atom. The Bertz CT molecular complexity index is 93.6. The zero-order valence-electron chi connectivity index (χ0n) is 7.56. The first-order valence-electron chi connectivity index (χ1n) is 3.44. The Labute approximate surface area is 63.3 Å². The van der Waals surface area contributed by atoms with Gasteiger partial charge >= 0.3 is 0 Å². The summed E-state index contributed by atoms with van der Waals surface area (Å²) >= 11 is 0. The van der Waals surface area contributed by atoms with Crippen LogP contribution < -0.4 is 5.43 Å². The molecule has 1 N–H and O–H groups in total. The van der Waals surface area contributed by atoms with Gasteiger partial charge in [-0.3, -0.25) is 5.43 Å². The van der Waals surface area contributed by atoms with E-state index in [9.17, 15) is 0 Å². The van der Waals surface area contributed by atoms with Gasteiger partial charge in [-0.05, 0) is 20.9 Å². The second-order valence-electron chi connectivity index (χ2n) is 3.03. The van der Waals surface area contributed by atoms with E-state index in [1.165, 1.54) is 0 Å². The molecule has 0 aliphatic rings. The first kappa shape index (κ1) is 9.88. The summed E-state index contributed by atoms with van der Waals surface area (Å²) < 4.78 is 5.05. The normalized spacial score (nSPS) is 12.6. The van der Waals surface area contributed by atoms with E-state index in [1.54, 1.807) is 7.11 Å². The molecule has 0 heterocycles. The lowest BCUT2D eigenvalue weighted by atomic mass is 10.1. The number of ether oxygens (including phenoxy) is 1. The lowest BCUT2D eigenvalue weighted by Gasteiger charge is -2.33. The molecule has 0 bridgehead atoms. The lowest BCUT2D eigenvalue weighted by Crippen LogP contribution is -2.50. The highest BCUT2D eigenvalue weighted by molar-refractivity contribution is 4.75. The van der Waals surface area contributed by atoms with Crippen LogP contribution in [-0.2, 0) is 4.74 Å². The van der Waals surface area contributed by atoms with Gasteiger partial charge in [-0.2, -0.15) is 0 Å². The largest absolute Gasteiger partial charge is 0.383 e. The van der Waals surface area contributed by atoms with Gasteiger partial charge in [0.1, 0.15) is 0 Å². The van der Waals surface area contributed by atoms with Gasteiger partial charge in [0.05, 0.1) is 12.1 Å². The molecule has 0 aromatic heterocycles. The molecule has 0 aliphatic heterocycles. The van der Waals surface area contributed by atoms with Crippen molar-refractivity contribution in [1.29, 1.82) is 0 Å². The van der Waals surface area contributed by atoms with Crippen molar-refractivity contribution in [3.8, 4) is 0 Å². The predicted molar refractivity (Wildman–Crippen MR) is 42.8 cm³/mol. The first-order valence-corrected chi connectivity index (χ1v) is 3.44. The summed E-state index contributed by atoms with van der Waals surface area (Å²) in [5, 5.41) is 2.02. The van der Waals surface area contributed by atoms with Crippen LogP contribution in [-0.4, -0.2) is 38.4 Å². The smallest absolute Gasteiger partial charge is 0.0654 e. The molecular weight excluding hydrogens is 128 g/mol. The fourth-order valence-corrected chi connectivity index (χ4v) is 0.753. The predicted octanol–water partition coefficient (Wildman–Crippen LogP) is 0.478. The summed E-state index contributed by atoms with van der Waals surface area (Å²) in [5.74, 6) is 0. The van der Waals surface area contributed by atoms with Gasteiger partial charge < -0.3 is 4.74 Å². The molecule has 0 amide bonds. The Morgan fingerprint density at radius 2 is 2.00 bits per heavy atom. The summed E-state index contributed by atoms with van der Waals surface area (Å²) in [4.78, 5) is 0. The minimum absolute atomic E-state index is 0.0590. The lowest BCUT2D eigenvalue weighted by molar-refractivity contribution is 0.0247. The number of likely N-dealkylation sites (N-methyl/N-ethyl adjacent to an activating group) is 1. The molecule has 0 aromatic carbocycles. The SMILES string of the molecule is CNN(C)C(C)(C)COC. The van der Waals surface area contributed by atoms with Crippen molar-refractivity contribution in [2.75, 3.05) is 27.8 Å². The molecular formula is C7H18N2O. The molecule has 62 valence electrons. The van der Waals surface area contributed by atoms with Crippen LogP contribution in [0.2, 0.25) is 0 Å². The summed E-state index contributed by atoms with van der Waals surface area (Å²) in [6, 6.07) is 0. The maximum atomic E-state index is 5.05. The zero-order valence-corrected chi connectivity index (χ0v) is 7.56. The number of hydrogen-bond donors (Lipinski definition) is 1. The van der Waals surface area contributed by atoms with Crippen LogP contribution in [0.4, 0.5) is 0 Å². The van der Waals surface area contributed by atoms with Crippen molar-refractivity contribution in [2.45, 2.75) is 19.4 Å². The minimum atomic E-state index is 0.0590. The molecule has 0 aliphatic carbocycles. The Balaban J connectivity index is 3.82. The van der Waals surface area contributed by atoms with E-state index in [0.717, 1.165) is 6.61 Å². The van der Waals surface area contributed by atoms with Crippen molar-refractivity contribution in [3.05, 3.63) is 0 Å². The number of methoxy groups -OCH3 is 1. The van der Waals surface area contributed by atoms with E-state index in [1.807, 2.05) is 19.1 Å². The number of rotatable bonds is 4. The zero-order chi connectivity index (χ0) is 8.20. The van der Waals surface area contributed by atoms with E-state index in [-0.39, 0.29) is 5.54 Å². The van der Waals surface area contributed by atoms with E-state index < -0.39 is 0 Å². The highest BCUT2D eigenvalue weighted by Crippen LogP contribution is 2.08. The Kier molecular flexibility index (Phi) is 3.86. The summed E-state index contributed by atoms with van der Waals surface area (Å²) in [7, 11) is 5.61. The third-order valence-corrected chi connectivity index (χ3v) is 1.74. The maximum absolute atomic E-state index is 5.05. The molecule has 0 aromatic rings. The number of nitrogens with zero attached hydrogens (tertiary/aromatic N) is 1. The van der Waals surface area contributed by atoms with Crippen LogP contribution in [0, 0.1) is 0 Å². The maximum Gasteiger partial charge on any atom is 0.0654 e. The van der Waals surface area contributed by atoms with E-state index in [4.69, 9.17) is 4.74 Å². The standard InChI is InChI=1S/C7H18N2O/c1-7(2,6-10-5)9(4)8-3/h8H,6H2,1-5H3. The summed E-state index contributed by atoms with van der Waals surface area (Å²) in [5.41, 5.74) is 3.10. The summed E-state index contributed by atoms with van der Waals surface area (Å²) in [6.07, 6.45) is 0. The first-order chi connectivity index (χ1) is 4.54. The van der Waals surface area contributed by atoms with Gasteiger partial charge in [-0.15, -0.1) is 0 Å². The Morgan fingerprint density at radius 1 is 1.50 bits per heavy atom. The quantitative estimate of drug-likeness (QED) is 0.584. The molecule has 10 heavy (non-hydrogen) atoms. The molecule has 0 atom stereocenters. The van der Waals surface area contributed by atoms with Gasteiger partial charge in [0.15, 0.2) is 0 Å². The van der Waals surface area contributed by atoms with Gasteiger partial charge in [0, 0.05) is 14.2 Å². The van der Waals surface area contributed by atoms with Crippen molar-refractivity contribution < 1.29 is 4.74 Å². The third kappa shape index (κ3) is 2.64. The van der Waals surface area contributed by atoms with E-state index >= 15 is 0 Å². The van der Waals surface area contributed by atoms with E-state index in [0.29, 0.717) is 0 Å². The van der Waals surface area contributed by atoms with Gasteiger partial charge in [0.25, 0.3) is 0 Å². The van der Waals surface area contributed by atoms with Crippen molar-refractivity contribution in [3.63, 3.8) is 0 Å². The van der Waals surface area contributed by atoms with Gasteiger partial charge in [-0.1, -0.05) is 0 Å². The molecule has 3 heteroatoms. The van der Waals surface area contributed by atoms with Crippen LogP contribution in [0.1, 0.15) is 13.8 Å². The van der Waals surface area contributed by atoms with E-state index in [2.05, 4.69) is 19.3 Å². The highest BCUT2D eigenvalue weighted by atomic mass is 16.5. The van der Waals surface area contributed by atoms with Crippen LogP contribution in [0.25, 0.3) is 0 Å². The fraction of sp³-hybridized carbons (Fsp3) is 1.00. The van der Waals surface area contributed by atoms with Gasteiger partial charge in [0.2, 0.25) is 0 Å². The number of nitrogens with one attached hydrogen (secondary N) is 1. The Hall–Kier alpha value is -0.120. The highest BCUT2D eigenvalue weighted by Gasteiger charge is 2.21. The minimum Gasteiger partial charge on any atom is -0.383 e. The average molecular weight is 146 g/mol. The molecule has 0 radical (unpaired) electrons. The summed E-state index contributed by atoms with van der Waals surface area (Å²) in [6.45, 7) is 4.96. The topological polar surface area (TPSA) is 24.5 Å². The molecule has 0 saturated carbocycles. The van der Waals surface area contributed by atoms with Crippen LogP contribution >= 0.6 is 0 Å².